The zero-order valence-corrected chi connectivity index (χ0v) is 19.7. The van der Waals surface area contributed by atoms with E-state index in [1.807, 2.05) is 37.3 Å². The SMILES string of the molecule is CC1(C(=O)NCc2ccccc2)CSC(N2CCCC2)=NCC(=O)N1c1ccc(Cl)cc1. The van der Waals surface area contributed by atoms with E-state index in [0.29, 0.717) is 23.0 Å². The Bertz CT molecular complexity index is 993. The Labute approximate surface area is 198 Å². The minimum atomic E-state index is -1.09. The fourth-order valence-electron chi connectivity index (χ4n) is 4.05. The van der Waals surface area contributed by atoms with Gasteiger partial charge in [-0.15, -0.1) is 0 Å². The predicted octanol–water partition coefficient (Wildman–Crippen LogP) is 3.95. The maximum absolute atomic E-state index is 13.6. The molecule has 32 heavy (non-hydrogen) atoms. The molecular weight excluding hydrogens is 444 g/mol. The van der Waals surface area contributed by atoms with Gasteiger partial charge in [-0.25, -0.2) is 0 Å². The number of nitrogens with one attached hydrogen (secondary N) is 1. The van der Waals surface area contributed by atoms with Crippen molar-refractivity contribution in [1.82, 2.24) is 10.2 Å². The molecule has 2 aromatic rings. The molecule has 2 heterocycles. The molecule has 0 spiro atoms. The molecule has 2 amide bonds. The highest BCUT2D eigenvalue weighted by atomic mass is 35.5. The van der Waals surface area contributed by atoms with Crippen LogP contribution in [-0.4, -0.2) is 52.8 Å². The highest BCUT2D eigenvalue weighted by molar-refractivity contribution is 8.13. The maximum atomic E-state index is 13.6. The molecule has 1 fully saturated rings. The van der Waals surface area contributed by atoms with Gasteiger partial charge >= 0.3 is 0 Å². The standard InChI is InChI=1S/C24H27ClN4O2S/c1-24(22(31)26-15-18-7-3-2-4-8-18)17-32-23(28-13-5-6-14-28)27-16-21(30)29(24)20-11-9-19(25)10-12-20/h2-4,7-12H,5-6,13-17H2,1H3,(H,26,31). The third-order valence-corrected chi connectivity index (χ3v) is 7.43. The molecule has 0 saturated carbocycles. The Morgan fingerprint density at radius 1 is 1.12 bits per heavy atom. The lowest BCUT2D eigenvalue weighted by atomic mass is 9.99. The lowest BCUT2D eigenvalue weighted by Gasteiger charge is -2.41. The highest BCUT2D eigenvalue weighted by Crippen LogP contribution is 2.32. The zero-order valence-electron chi connectivity index (χ0n) is 18.1. The maximum Gasteiger partial charge on any atom is 0.249 e. The van der Waals surface area contributed by atoms with E-state index in [1.54, 1.807) is 40.9 Å². The summed E-state index contributed by atoms with van der Waals surface area (Å²) >= 11 is 7.62. The number of amidine groups is 1. The van der Waals surface area contributed by atoms with Crippen LogP contribution < -0.4 is 10.2 Å². The van der Waals surface area contributed by atoms with Crippen molar-refractivity contribution < 1.29 is 9.59 Å². The van der Waals surface area contributed by atoms with Crippen molar-refractivity contribution in [3.05, 3.63) is 65.2 Å². The van der Waals surface area contributed by atoms with Gasteiger partial charge in [-0.05, 0) is 49.6 Å². The van der Waals surface area contributed by atoms with Crippen molar-refractivity contribution in [2.45, 2.75) is 31.8 Å². The van der Waals surface area contributed by atoms with Gasteiger partial charge in [0.15, 0.2) is 5.17 Å². The van der Waals surface area contributed by atoms with Gasteiger partial charge in [0, 0.05) is 36.1 Å². The van der Waals surface area contributed by atoms with E-state index in [1.165, 1.54) is 0 Å². The van der Waals surface area contributed by atoms with Gasteiger partial charge < -0.3 is 10.2 Å². The van der Waals surface area contributed by atoms with Crippen LogP contribution in [0.15, 0.2) is 59.6 Å². The number of carbonyl (C=O) groups is 2. The zero-order chi connectivity index (χ0) is 22.6. The summed E-state index contributed by atoms with van der Waals surface area (Å²) in [7, 11) is 0. The molecule has 1 atom stereocenters. The fourth-order valence-corrected chi connectivity index (χ4v) is 5.37. The number of hydrogen-bond acceptors (Lipinski definition) is 5. The number of carbonyl (C=O) groups excluding carboxylic acids is 2. The number of amides is 2. The van der Waals surface area contributed by atoms with E-state index < -0.39 is 5.54 Å². The summed E-state index contributed by atoms with van der Waals surface area (Å²) in [5.41, 5.74) is 0.550. The van der Waals surface area contributed by atoms with Crippen molar-refractivity contribution in [3.63, 3.8) is 0 Å². The van der Waals surface area contributed by atoms with Crippen molar-refractivity contribution in [3.8, 4) is 0 Å². The summed E-state index contributed by atoms with van der Waals surface area (Å²) in [5, 5.41) is 4.48. The van der Waals surface area contributed by atoms with E-state index >= 15 is 0 Å². The number of nitrogens with zero attached hydrogens (tertiary/aromatic N) is 3. The lowest BCUT2D eigenvalue weighted by Crippen LogP contribution is -2.62. The molecule has 2 aromatic carbocycles. The Morgan fingerprint density at radius 2 is 1.81 bits per heavy atom. The minimum absolute atomic E-state index is 0.00299. The van der Waals surface area contributed by atoms with Crippen molar-refractivity contribution >= 4 is 46.0 Å². The monoisotopic (exact) mass is 470 g/mol. The number of hydrogen-bond donors (Lipinski definition) is 1. The molecule has 0 aromatic heterocycles. The fraction of sp³-hybridized carbons (Fsp3) is 0.375. The Morgan fingerprint density at radius 3 is 2.50 bits per heavy atom. The summed E-state index contributed by atoms with van der Waals surface area (Å²) in [6.45, 7) is 4.12. The van der Waals surface area contributed by atoms with Gasteiger partial charge in [0.25, 0.3) is 0 Å². The molecular formula is C24H27ClN4O2S. The smallest absolute Gasteiger partial charge is 0.249 e. The largest absolute Gasteiger partial charge is 0.351 e. The molecule has 168 valence electrons. The van der Waals surface area contributed by atoms with Crippen LogP contribution in [0.3, 0.4) is 0 Å². The Kier molecular flexibility index (Phi) is 7.06. The van der Waals surface area contributed by atoms with Gasteiger partial charge in [-0.3, -0.25) is 19.5 Å². The normalized spacial score (nSPS) is 21.7. The van der Waals surface area contributed by atoms with Crippen LogP contribution in [0.4, 0.5) is 5.69 Å². The van der Waals surface area contributed by atoms with Crippen LogP contribution in [0.25, 0.3) is 0 Å². The topological polar surface area (TPSA) is 65.0 Å². The molecule has 4 rings (SSSR count). The summed E-state index contributed by atoms with van der Waals surface area (Å²) in [5.74, 6) is -0.00126. The minimum Gasteiger partial charge on any atom is -0.351 e. The number of rotatable bonds is 4. The number of benzene rings is 2. The first kappa shape index (κ1) is 22.7. The summed E-state index contributed by atoms with van der Waals surface area (Å²) in [6.07, 6.45) is 2.25. The molecule has 6 nitrogen and oxygen atoms in total. The molecule has 1 saturated heterocycles. The van der Waals surface area contributed by atoms with Crippen LogP contribution in [0, 0.1) is 0 Å². The van der Waals surface area contributed by atoms with Gasteiger partial charge in [0.1, 0.15) is 12.1 Å². The van der Waals surface area contributed by atoms with Crippen LogP contribution >= 0.6 is 23.4 Å². The third-order valence-electron chi connectivity index (χ3n) is 5.82. The number of halogens is 1. The molecule has 0 aliphatic carbocycles. The van der Waals surface area contributed by atoms with Gasteiger partial charge in [0.05, 0.1) is 0 Å². The molecule has 1 N–H and O–H groups in total. The predicted molar refractivity (Wildman–Crippen MR) is 131 cm³/mol. The third kappa shape index (κ3) is 4.94. The van der Waals surface area contributed by atoms with E-state index in [-0.39, 0.29) is 18.4 Å². The average molecular weight is 471 g/mol. The molecule has 0 radical (unpaired) electrons. The highest BCUT2D eigenvalue weighted by Gasteiger charge is 2.44. The van der Waals surface area contributed by atoms with Crippen molar-refractivity contribution in [1.29, 1.82) is 0 Å². The second kappa shape index (κ2) is 9.96. The van der Waals surface area contributed by atoms with Gasteiger partial charge in [-0.1, -0.05) is 53.7 Å². The number of anilines is 1. The Balaban J connectivity index is 1.64. The molecule has 8 heteroatoms. The van der Waals surface area contributed by atoms with E-state index in [2.05, 4.69) is 15.2 Å². The lowest BCUT2D eigenvalue weighted by molar-refractivity contribution is -0.129. The van der Waals surface area contributed by atoms with Crippen LogP contribution in [0.2, 0.25) is 5.02 Å². The number of aliphatic imine (C=N–C) groups is 1. The van der Waals surface area contributed by atoms with Crippen LogP contribution in [0.1, 0.15) is 25.3 Å². The van der Waals surface area contributed by atoms with Crippen molar-refractivity contribution in [2.75, 3.05) is 30.3 Å². The van der Waals surface area contributed by atoms with Crippen LogP contribution in [-0.2, 0) is 16.1 Å². The van der Waals surface area contributed by atoms with E-state index in [4.69, 9.17) is 11.6 Å². The molecule has 1 unspecified atom stereocenters. The van der Waals surface area contributed by atoms with E-state index in [0.717, 1.165) is 36.7 Å². The average Bonchev–Trinajstić information content (AvgIpc) is 3.33. The molecule has 2 aliphatic rings. The summed E-state index contributed by atoms with van der Waals surface area (Å²) in [6, 6.07) is 16.8. The van der Waals surface area contributed by atoms with Gasteiger partial charge in [-0.2, -0.15) is 0 Å². The van der Waals surface area contributed by atoms with Gasteiger partial charge in [0.2, 0.25) is 11.8 Å². The first-order valence-electron chi connectivity index (χ1n) is 10.8. The first-order chi connectivity index (χ1) is 15.5. The quantitative estimate of drug-likeness (QED) is 0.734. The van der Waals surface area contributed by atoms with Crippen molar-refractivity contribution in [2.24, 2.45) is 4.99 Å². The molecule has 0 bridgehead atoms. The number of thioether (sulfide) groups is 1. The Hall–Kier alpha value is -2.51. The summed E-state index contributed by atoms with van der Waals surface area (Å²) in [4.78, 5) is 35.4. The number of likely N-dealkylation sites (tertiary alicyclic amines) is 1. The second-order valence-electron chi connectivity index (χ2n) is 8.23. The molecule has 2 aliphatic heterocycles. The first-order valence-corrected chi connectivity index (χ1v) is 12.2. The van der Waals surface area contributed by atoms with E-state index in [9.17, 15) is 9.59 Å². The second-order valence-corrected chi connectivity index (χ2v) is 9.61. The van der Waals surface area contributed by atoms with Crippen LogP contribution in [0.5, 0.6) is 0 Å². The summed E-state index contributed by atoms with van der Waals surface area (Å²) < 4.78 is 0.